The predicted molar refractivity (Wildman–Crippen MR) is 96.0 cm³/mol. The van der Waals surface area contributed by atoms with Gasteiger partial charge in [0.25, 0.3) is 5.91 Å². The van der Waals surface area contributed by atoms with Crippen LogP contribution in [0.3, 0.4) is 0 Å². The molecule has 2 fully saturated rings. The van der Waals surface area contributed by atoms with E-state index in [2.05, 4.69) is 0 Å². The van der Waals surface area contributed by atoms with Gasteiger partial charge in [-0.15, -0.1) is 12.4 Å². The van der Waals surface area contributed by atoms with Crippen LogP contribution < -0.4 is 5.73 Å². The molecule has 1 aliphatic heterocycles. The van der Waals surface area contributed by atoms with E-state index in [0.29, 0.717) is 44.2 Å². The molecule has 0 unspecified atom stereocenters. The van der Waals surface area contributed by atoms with Crippen molar-refractivity contribution < 1.29 is 14.0 Å². The van der Waals surface area contributed by atoms with Gasteiger partial charge in [0.1, 0.15) is 5.82 Å². The quantitative estimate of drug-likeness (QED) is 0.885. The fraction of sp³-hybridized carbons (Fsp3) is 0.556. The molecular formula is C18H25ClFN3O2. The third-order valence-electron chi connectivity index (χ3n) is 5.25. The number of nitrogens with two attached hydrogens (primary N) is 1. The lowest BCUT2D eigenvalue weighted by Gasteiger charge is -2.36. The topological polar surface area (TPSA) is 66.6 Å². The summed E-state index contributed by atoms with van der Waals surface area (Å²) in [4.78, 5) is 28.7. The smallest absolute Gasteiger partial charge is 0.253 e. The summed E-state index contributed by atoms with van der Waals surface area (Å²) in [5, 5.41) is 0. The Morgan fingerprint density at radius 1 is 1.04 bits per heavy atom. The second-order valence-corrected chi connectivity index (χ2v) is 6.66. The van der Waals surface area contributed by atoms with Gasteiger partial charge in [0.2, 0.25) is 5.91 Å². The molecule has 25 heavy (non-hydrogen) atoms. The Labute approximate surface area is 153 Å². The molecule has 0 spiro atoms. The van der Waals surface area contributed by atoms with Crippen molar-refractivity contribution in [2.75, 3.05) is 32.7 Å². The van der Waals surface area contributed by atoms with Crippen molar-refractivity contribution >= 4 is 24.2 Å². The Kier molecular flexibility index (Phi) is 6.79. The summed E-state index contributed by atoms with van der Waals surface area (Å²) in [6.45, 7) is 2.71. The third kappa shape index (κ3) is 4.30. The standard InChI is InChI=1S/C18H24FN3O2.ClH/c19-15-6-4-13(5-7-15)17(23)21-8-10-22(11-9-21)18(24)16-3-1-2-14(16)12-20;/h4-7,14,16H,1-3,8-12,20H2;1H/t14-,16-;/m1./s1. The van der Waals surface area contributed by atoms with Crippen molar-refractivity contribution in [3.63, 3.8) is 0 Å². The van der Waals surface area contributed by atoms with Gasteiger partial charge in [0.15, 0.2) is 0 Å². The minimum atomic E-state index is -0.354. The van der Waals surface area contributed by atoms with Crippen LogP contribution in [-0.2, 0) is 4.79 Å². The summed E-state index contributed by atoms with van der Waals surface area (Å²) in [6, 6.07) is 5.58. The van der Waals surface area contributed by atoms with E-state index < -0.39 is 0 Å². The molecule has 0 bridgehead atoms. The number of amides is 2. The van der Waals surface area contributed by atoms with E-state index in [1.54, 1.807) is 4.90 Å². The van der Waals surface area contributed by atoms with E-state index in [-0.39, 0.29) is 36.0 Å². The number of benzene rings is 1. The molecule has 1 saturated heterocycles. The first-order valence-electron chi connectivity index (χ1n) is 8.64. The lowest BCUT2D eigenvalue weighted by atomic mass is 9.94. The molecule has 1 aromatic carbocycles. The van der Waals surface area contributed by atoms with Gasteiger partial charge in [0.05, 0.1) is 0 Å². The zero-order valence-corrected chi connectivity index (χ0v) is 15.0. The van der Waals surface area contributed by atoms with Crippen molar-refractivity contribution in [2.45, 2.75) is 19.3 Å². The van der Waals surface area contributed by atoms with Crippen LogP contribution in [0.4, 0.5) is 4.39 Å². The van der Waals surface area contributed by atoms with E-state index in [0.717, 1.165) is 19.3 Å². The van der Waals surface area contributed by atoms with Crippen LogP contribution >= 0.6 is 12.4 Å². The lowest BCUT2D eigenvalue weighted by molar-refractivity contribution is -0.138. The van der Waals surface area contributed by atoms with Gasteiger partial charge in [-0.3, -0.25) is 9.59 Å². The Balaban J connectivity index is 0.00000225. The Hall–Kier alpha value is -1.66. The molecule has 1 aliphatic carbocycles. The number of rotatable bonds is 3. The zero-order chi connectivity index (χ0) is 17.1. The number of halogens is 2. The molecule has 2 atom stereocenters. The predicted octanol–water partition coefficient (Wildman–Crippen LogP) is 1.91. The van der Waals surface area contributed by atoms with E-state index in [9.17, 15) is 14.0 Å². The average molecular weight is 370 g/mol. The van der Waals surface area contributed by atoms with Crippen molar-refractivity contribution in [1.29, 1.82) is 0 Å². The normalized spacial score (nSPS) is 23.3. The number of hydrogen-bond acceptors (Lipinski definition) is 3. The molecule has 0 radical (unpaired) electrons. The molecule has 1 heterocycles. The summed E-state index contributed by atoms with van der Waals surface area (Å²) in [5.41, 5.74) is 6.26. The van der Waals surface area contributed by atoms with Crippen LogP contribution in [-0.4, -0.2) is 54.3 Å². The highest BCUT2D eigenvalue weighted by atomic mass is 35.5. The largest absolute Gasteiger partial charge is 0.339 e. The lowest BCUT2D eigenvalue weighted by Crippen LogP contribution is -2.52. The first-order valence-corrected chi connectivity index (χ1v) is 8.64. The molecular weight excluding hydrogens is 345 g/mol. The van der Waals surface area contributed by atoms with Crippen LogP contribution in [0.25, 0.3) is 0 Å². The summed E-state index contributed by atoms with van der Waals surface area (Å²) < 4.78 is 13.0. The van der Waals surface area contributed by atoms with E-state index in [4.69, 9.17) is 5.73 Å². The van der Waals surface area contributed by atoms with Crippen LogP contribution in [0.2, 0.25) is 0 Å². The maximum Gasteiger partial charge on any atom is 0.253 e. The molecule has 3 rings (SSSR count). The molecule has 7 heteroatoms. The summed E-state index contributed by atoms with van der Waals surface area (Å²) in [7, 11) is 0. The SMILES string of the molecule is Cl.NC[C@H]1CCC[C@H]1C(=O)N1CCN(C(=O)c2ccc(F)cc2)CC1. The van der Waals surface area contributed by atoms with E-state index in [1.165, 1.54) is 24.3 Å². The molecule has 0 aromatic heterocycles. The van der Waals surface area contributed by atoms with Crippen LogP contribution in [0.15, 0.2) is 24.3 Å². The van der Waals surface area contributed by atoms with Gasteiger partial charge in [-0.1, -0.05) is 6.42 Å². The van der Waals surface area contributed by atoms with E-state index in [1.807, 2.05) is 4.90 Å². The second-order valence-electron chi connectivity index (χ2n) is 6.66. The highest BCUT2D eigenvalue weighted by molar-refractivity contribution is 5.94. The summed E-state index contributed by atoms with van der Waals surface area (Å²) in [5.74, 6) is 0.0818. The van der Waals surface area contributed by atoms with Crippen molar-refractivity contribution in [3.05, 3.63) is 35.6 Å². The molecule has 2 N–H and O–H groups in total. The fourth-order valence-electron chi connectivity index (χ4n) is 3.78. The molecule has 1 aromatic rings. The zero-order valence-electron chi connectivity index (χ0n) is 14.2. The highest BCUT2D eigenvalue weighted by Gasteiger charge is 2.36. The minimum Gasteiger partial charge on any atom is -0.339 e. The molecule has 5 nitrogen and oxygen atoms in total. The number of carbonyl (C=O) groups is 2. The van der Waals surface area contributed by atoms with Gasteiger partial charge in [0, 0.05) is 37.7 Å². The Morgan fingerprint density at radius 2 is 1.64 bits per heavy atom. The van der Waals surface area contributed by atoms with Crippen LogP contribution in [0, 0.1) is 17.7 Å². The first-order chi connectivity index (χ1) is 11.6. The Bertz CT molecular complexity index is 603. The van der Waals surface area contributed by atoms with Crippen LogP contribution in [0.5, 0.6) is 0 Å². The number of piperazine rings is 1. The fourth-order valence-corrected chi connectivity index (χ4v) is 3.78. The van der Waals surface area contributed by atoms with E-state index >= 15 is 0 Å². The molecule has 1 saturated carbocycles. The van der Waals surface area contributed by atoms with Crippen molar-refractivity contribution in [1.82, 2.24) is 9.80 Å². The number of carbonyl (C=O) groups excluding carboxylic acids is 2. The molecule has 2 aliphatic rings. The first kappa shape index (κ1) is 19.7. The van der Waals surface area contributed by atoms with Crippen LogP contribution in [0.1, 0.15) is 29.6 Å². The maximum absolute atomic E-state index is 13.0. The number of hydrogen-bond donors (Lipinski definition) is 1. The highest BCUT2D eigenvalue weighted by Crippen LogP contribution is 2.32. The van der Waals surface area contributed by atoms with Gasteiger partial charge in [-0.25, -0.2) is 4.39 Å². The maximum atomic E-state index is 13.0. The van der Waals surface area contributed by atoms with Gasteiger partial charge >= 0.3 is 0 Å². The molecule has 138 valence electrons. The van der Waals surface area contributed by atoms with Crippen molar-refractivity contribution in [2.24, 2.45) is 17.6 Å². The van der Waals surface area contributed by atoms with Gasteiger partial charge in [-0.2, -0.15) is 0 Å². The third-order valence-corrected chi connectivity index (χ3v) is 5.25. The van der Waals surface area contributed by atoms with Gasteiger partial charge in [-0.05, 0) is 49.6 Å². The summed E-state index contributed by atoms with van der Waals surface area (Å²) in [6.07, 6.45) is 3.03. The monoisotopic (exact) mass is 369 g/mol. The number of nitrogens with zero attached hydrogens (tertiary/aromatic N) is 2. The minimum absolute atomic E-state index is 0. The van der Waals surface area contributed by atoms with Crippen molar-refractivity contribution in [3.8, 4) is 0 Å². The molecule has 2 amide bonds. The summed E-state index contributed by atoms with van der Waals surface area (Å²) >= 11 is 0. The second kappa shape index (κ2) is 8.63. The Morgan fingerprint density at radius 3 is 2.24 bits per heavy atom. The van der Waals surface area contributed by atoms with Gasteiger partial charge < -0.3 is 15.5 Å². The average Bonchev–Trinajstić information content (AvgIpc) is 3.10.